The van der Waals surface area contributed by atoms with Crippen LogP contribution in [0, 0.1) is 0 Å². The number of hydrogen-bond donors (Lipinski definition) is 0. The molecule has 0 fully saturated rings. The van der Waals surface area contributed by atoms with Crippen LogP contribution in [-0.2, 0) is 24.9 Å². The first kappa shape index (κ1) is 19.6. The highest BCUT2D eigenvalue weighted by atomic mass is 16.5. The van der Waals surface area contributed by atoms with Crippen LogP contribution in [0.3, 0.4) is 0 Å². The van der Waals surface area contributed by atoms with Crippen LogP contribution >= 0.6 is 0 Å². The van der Waals surface area contributed by atoms with Gasteiger partial charge < -0.3 is 9.47 Å². The second kappa shape index (κ2) is 8.26. The molecule has 0 spiro atoms. The zero-order chi connectivity index (χ0) is 19.4. The van der Waals surface area contributed by atoms with Crippen molar-refractivity contribution in [2.24, 2.45) is 0 Å². The molecule has 0 amide bonds. The molecule has 3 rings (SSSR count). The maximum atomic E-state index is 5.76. The van der Waals surface area contributed by atoms with Crippen LogP contribution in [0.4, 0.5) is 0 Å². The molecule has 0 radical (unpaired) electrons. The molecule has 5 nitrogen and oxygen atoms in total. The Morgan fingerprint density at radius 2 is 1.81 bits per heavy atom. The summed E-state index contributed by atoms with van der Waals surface area (Å²) < 4.78 is 11.4. The van der Waals surface area contributed by atoms with Gasteiger partial charge in [0.25, 0.3) is 0 Å². The Morgan fingerprint density at radius 3 is 2.52 bits per heavy atom. The topological polar surface area (TPSA) is 47.5 Å². The first-order chi connectivity index (χ1) is 12.9. The standard InChI is InChI=1S/C22H31N3O2/c1-6-26-19-9-8-16(12-20(19)27-7-2)14-25-11-10-18-17(15-25)13-23-21(24-18)22(3,4)5/h8-9,12-13H,6-7,10-11,14-15H2,1-5H3. The van der Waals surface area contributed by atoms with Crippen LogP contribution in [0.5, 0.6) is 11.5 Å². The Kier molecular flexibility index (Phi) is 6.00. The minimum Gasteiger partial charge on any atom is -0.490 e. The van der Waals surface area contributed by atoms with E-state index in [2.05, 4.69) is 42.8 Å². The lowest BCUT2D eigenvalue weighted by Crippen LogP contribution is -2.32. The van der Waals surface area contributed by atoms with Gasteiger partial charge in [-0.3, -0.25) is 4.90 Å². The molecule has 0 N–H and O–H groups in total. The van der Waals surface area contributed by atoms with Crippen molar-refractivity contribution in [1.29, 1.82) is 0 Å². The smallest absolute Gasteiger partial charge is 0.161 e. The molecule has 1 aliphatic heterocycles. The van der Waals surface area contributed by atoms with Crippen molar-refractivity contribution in [2.75, 3.05) is 19.8 Å². The van der Waals surface area contributed by atoms with E-state index >= 15 is 0 Å². The van der Waals surface area contributed by atoms with Crippen molar-refractivity contribution in [2.45, 2.75) is 59.5 Å². The number of fused-ring (bicyclic) bond motifs is 1. The van der Waals surface area contributed by atoms with Crippen molar-refractivity contribution in [3.05, 3.63) is 47.0 Å². The van der Waals surface area contributed by atoms with Crippen molar-refractivity contribution in [1.82, 2.24) is 14.9 Å². The fourth-order valence-corrected chi connectivity index (χ4v) is 3.32. The lowest BCUT2D eigenvalue weighted by molar-refractivity contribution is 0.240. The van der Waals surface area contributed by atoms with Crippen molar-refractivity contribution in [3.63, 3.8) is 0 Å². The van der Waals surface area contributed by atoms with Gasteiger partial charge in [-0.2, -0.15) is 0 Å². The Hall–Kier alpha value is -2.14. The van der Waals surface area contributed by atoms with Gasteiger partial charge in [-0.05, 0) is 31.5 Å². The predicted octanol–water partition coefficient (Wildman–Crippen LogP) is 4.13. The zero-order valence-corrected chi connectivity index (χ0v) is 17.2. The van der Waals surface area contributed by atoms with E-state index in [4.69, 9.17) is 14.5 Å². The molecule has 2 heterocycles. The minimum absolute atomic E-state index is 0.00977. The van der Waals surface area contributed by atoms with Crippen LogP contribution in [0.1, 0.15) is 57.3 Å². The van der Waals surface area contributed by atoms with Gasteiger partial charge in [0, 0.05) is 48.9 Å². The van der Waals surface area contributed by atoms with Crippen molar-refractivity contribution >= 4 is 0 Å². The molecule has 2 aromatic rings. The molecule has 0 unspecified atom stereocenters. The van der Waals surface area contributed by atoms with E-state index in [0.29, 0.717) is 13.2 Å². The number of rotatable bonds is 6. The van der Waals surface area contributed by atoms with Crippen LogP contribution < -0.4 is 9.47 Å². The Labute approximate surface area is 162 Å². The molecule has 0 aliphatic carbocycles. The summed E-state index contributed by atoms with van der Waals surface area (Å²) in [7, 11) is 0. The first-order valence-electron chi connectivity index (χ1n) is 9.86. The van der Waals surface area contributed by atoms with E-state index in [1.165, 1.54) is 16.8 Å². The molecule has 1 aromatic carbocycles. The summed E-state index contributed by atoms with van der Waals surface area (Å²) in [5.41, 5.74) is 3.67. The highest BCUT2D eigenvalue weighted by molar-refractivity contribution is 5.43. The second-order valence-electron chi connectivity index (χ2n) is 8.02. The SMILES string of the molecule is CCOc1ccc(CN2CCc3nc(C(C)(C)C)ncc3C2)cc1OCC. The molecule has 0 saturated carbocycles. The summed E-state index contributed by atoms with van der Waals surface area (Å²) in [6.07, 6.45) is 2.98. The molecule has 1 aliphatic rings. The molecule has 27 heavy (non-hydrogen) atoms. The van der Waals surface area contributed by atoms with Crippen molar-refractivity contribution < 1.29 is 9.47 Å². The number of nitrogens with zero attached hydrogens (tertiary/aromatic N) is 3. The van der Waals surface area contributed by atoms with Gasteiger partial charge >= 0.3 is 0 Å². The molecule has 146 valence electrons. The first-order valence-corrected chi connectivity index (χ1v) is 9.86. The summed E-state index contributed by atoms with van der Waals surface area (Å²) in [5, 5.41) is 0. The third kappa shape index (κ3) is 4.78. The molecule has 1 aromatic heterocycles. The Morgan fingerprint density at radius 1 is 1.07 bits per heavy atom. The highest BCUT2D eigenvalue weighted by Crippen LogP contribution is 2.30. The van der Waals surface area contributed by atoms with Gasteiger partial charge in [-0.15, -0.1) is 0 Å². The van der Waals surface area contributed by atoms with Gasteiger partial charge in [0.15, 0.2) is 11.5 Å². The Bertz CT molecular complexity index is 784. The zero-order valence-electron chi connectivity index (χ0n) is 17.2. The molecular formula is C22H31N3O2. The average Bonchev–Trinajstić information content (AvgIpc) is 2.63. The monoisotopic (exact) mass is 369 g/mol. The fourth-order valence-electron chi connectivity index (χ4n) is 3.32. The number of ether oxygens (including phenoxy) is 2. The molecular weight excluding hydrogens is 338 g/mol. The maximum absolute atomic E-state index is 5.76. The Balaban J connectivity index is 1.72. The van der Waals surface area contributed by atoms with Crippen molar-refractivity contribution in [3.8, 4) is 11.5 Å². The summed E-state index contributed by atoms with van der Waals surface area (Å²) in [6, 6.07) is 6.24. The highest BCUT2D eigenvalue weighted by Gasteiger charge is 2.23. The molecule has 0 bridgehead atoms. The normalized spacial score (nSPS) is 14.7. The van der Waals surface area contributed by atoms with Crippen LogP contribution in [0.2, 0.25) is 0 Å². The lowest BCUT2D eigenvalue weighted by atomic mass is 9.95. The number of aromatic nitrogens is 2. The average molecular weight is 370 g/mol. The second-order valence-corrected chi connectivity index (χ2v) is 8.02. The van der Waals surface area contributed by atoms with Crippen LogP contribution in [0.15, 0.2) is 24.4 Å². The van der Waals surface area contributed by atoms with Gasteiger partial charge in [-0.25, -0.2) is 9.97 Å². The number of benzene rings is 1. The van der Waals surface area contributed by atoms with Gasteiger partial charge in [0.2, 0.25) is 0 Å². The maximum Gasteiger partial charge on any atom is 0.161 e. The fraction of sp³-hybridized carbons (Fsp3) is 0.545. The van der Waals surface area contributed by atoms with E-state index in [0.717, 1.165) is 43.4 Å². The van der Waals surface area contributed by atoms with Gasteiger partial charge in [0.05, 0.1) is 13.2 Å². The summed E-state index contributed by atoms with van der Waals surface area (Å²) in [5.74, 6) is 2.57. The van der Waals surface area contributed by atoms with Gasteiger partial charge in [-0.1, -0.05) is 26.8 Å². The molecule has 5 heteroatoms. The quantitative estimate of drug-likeness (QED) is 0.766. The molecule has 0 saturated heterocycles. The summed E-state index contributed by atoms with van der Waals surface area (Å²) in [4.78, 5) is 11.9. The van der Waals surface area contributed by atoms with Crippen LogP contribution in [0.25, 0.3) is 0 Å². The summed E-state index contributed by atoms with van der Waals surface area (Å²) >= 11 is 0. The van der Waals surface area contributed by atoms with E-state index in [1.54, 1.807) is 0 Å². The predicted molar refractivity (Wildman–Crippen MR) is 107 cm³/mol. The van der Waals surface area contributed by atoms with Crippen LogP contribution in [-0.4, -0.2) is 34.6 Å². The van der Waals surface area contributed by atoms with E-state index < -0.39 is 0 Å². The molecule has 0 atom stereocenters. The lowest BCUT2D eigenvalue weighted by Gasteiger charge is -2.29. The summed E-state index contributed by atoms with van der Waals surface area (Å²) in [6.45, 7) is 14.5. The van der Waals surface area contributed by atoms with E-state index in [1.807, 2.05) is 26.1 Å². The van der Waals surface area contributed by atoms with E-state index in [9.17, 15) is 0 Å². The number of hydrogen-bond acceptors (Lipinski definition) is 5. The van der Waals surface area contributed by atoms with Gasteiger partial charge in [0.1, 0.15) is 5.82 Å². The third-order valence-corrected chi connectivity index (χ3v) is 4.70. The minimum atomic E-state index is -0.00977. The van der Waals surface area contributed by atoms with E-state index in [-0.39, 0.29) is 5.41 Å². The third-order valence-electron chi connectivity index (χ3n) is 4.70. The largest absolute Gasteiger partial charge is 0.490 e.